The third-order valence-electron chi connectivity index (χ3n) is 5.87. The van der Waals surface area contributed by atoms with Crippen LogP contribution in [-0.4, -0.2) is 28.7 Å². The van der Waals surface area contributed by atoms with Crippen molar-refractivity contribution >= 4 is 5.69 Å². The molecule has 0 amide bonds. The smallest absolute Gasteiger partial charge is 0.0948 e. The van der Waals surface area contributed by atoms with Crippen molar-refractivity contribution in [2.75, 3.05) is 18.0 Å². The van der Waals surface area contributed by atoms with Gasteiger partial charge in [-0.05, 0) is 61.3 Å². The maximum Gasteiger partial charge on any atom is 0.0948 e. The molecule has 4 rings (SSSR count). The fraction of sp³-hybridized carbons (Fsp3) is 0.591. The van der Waals surface area contributed by atoms with E-state index in [-0.39, 0.29) is 0 Å². The third-order valence-corrected chi connectivity index (χ3v) is 5.87. The van der Waals surface area contributed by atoms with E-state index in [1.807, 2.05) is 12.5 Å². The third kappa shape index (κ3) is 3.96. The summed E-state index contributed by atoms with van der Waals surface area (Å²) in [7, 11) is 0. The molecule has 26 heavy (non-hydrogen) atoms. The molecule has 1 N–H and O–H groups in total. The van der Waals surface area contributed by atoms with E-state index in [2.05, 4.69) is 51.8 Å². The topological polar surface area (TPSA) is 33.1 Å². The van der Waals surface area contributed by atoms with Gasteiger partial charge in [0.25, 0.3) is 0 Å². The van der Waals surface area contributed by atoms with Gasteiger partial charge in [0.1, 0.15) is 0 Å². The van der Waals surface area contributed by atoms with Gasteiger partial charge in [-0.3, -0.25) is 0 Å². The van der Waals surface area contributed by atoms with Crippen molar-refractivity contribution in [3.63, 3.8) is 0 Å². The molecule has 0 atom stereocenters. The summed E-state index contributed by atoms with van der Waals surface area (Å²) >= 11 is 0. The summed E-state index contributed by atoms with van der Waals surface area (Å²) < 4.78 is 2.29. The largest absolute Gasteiger partial charge is 0.371 e. The molecule has 1 aromatic carbocycles. The number of imidazole rings is 1. The van der Waals surface area contributed by atoms with E-state index in [1.165, 1.54) is 43.5 Å². The average molecular weight is 353 g/mol. The molecule has 1 fully saturated rings. The molecule has 1 aliphatic heterocycles. The second kappa shape index (κ2) is 7.83. The summed E-state index contributed by atoms with van der Waals surface area (Å²) in [5.41, 5.74) is 5.89. The lowest BCUT2D eigenvalue weighted by atomic mass is 10.0. The SMILES string of the molecule is CC(C)Cn1cncc1CNC1CCN(c2ccc3c(c2)CCC3)CC1. The van der Waals surface area contributed by atoms with Crippen LogP contribution in [-0.2, 0) is 25.9 Å². The van der Waals surface area contributed by atoms with Crippen LogP contribution >= 0.6 is 0 Å². The summed E-state index contributed by atoms with van der Waals surface area (Å²) in [4.78, 5) is 6.90. The van der Waals surface area contributed by atoms with E-state index >= 15 is 0 Å². The zero-order chi connectivity index (χ0) is 17.9. The van der Waals surface area contributed by atoms with Crippen LogP contribution in [0.5, 0.6) is 0 Å². The van der Waals surface area contributed by atoms with Crippen LogP contribution in [0.3, 0.4) is 0 Å². The first kappa shape index (κ1) is 17.6. The molecule has 2 aromatic rings. The van der Waals surface area contributed by atoms with E-state index < -0.39 is 0 Å². The Morgan fingerprint density at radius 2 is 1.96 bits per heavy atom. The quantitative estimate of drug-likeness (QED) is 0.859. The van der Waals surface area contributed by atoms with E-state index in [1.54, 1.807) is 11.1 Å². The lowest BCUT2D eigenvalue weighted by molar-refractivity contribution is 0.404. The minimum absolute atomic E-state index is 0.614. The van der Waals surface area contributed by atoms with E-state index in [0.717, 1.165) is 26.2 Å². The summed E-state index contributed by atoms with van der Waals surface area (Å²) in [5.74, 6) is 0.651. The second-order valence-electron chi connectivity index (χ2n) is 8.38. The first-order valence-electron chi connectivity index (χ1n) is 10.3. The van der Waals surface area contributed by atoms with Crippen molar-refractivity contribution < 1.29 is 0 Å². The Kier molecular flexibility index (Phi) is 5.30. The van der Waals surface area contributed by atoms with E-state index in [0.29, 0.717) is 12.0 Å². The lowest BCUT2D eigenvalue weighted by Crippen LogP contribution is -2.42. The molecule has 1 saturated heterocycles. The predicted octanol–water partition coefficient (Wildman–Crippen LogP) is 3.79. The van der Waals surface area contributed by atoms with Crippen molar-refractivity contribution in [3.05, 3.63) is 47.5 Å². The van der Waals surface area contributed by atoms with Gasteiger partial charge in [-0.25, -0.2) is 4.98 Å². The predicted molar refractivity (Wildman–Crippen MR) is 108 cm³/mol. The first-order chi connectivity index (χ1) is 12.7. The molecule has 4 heteroatoms. The van der Waals surface area contributed by atoms with Crippen LogP contribution in [0.2, 0.25) is 0 Å². The molecule has 0 radical (unpaired) electrons. The van der Waals surface area contributed by atoms with Crippen LogP contribution in [0.15, 0.2) is 30.7 Å². The van der Waals surface area contributed by atoms with E-state index in [9.17, 15) is 0 Å². The van der Waals surface area contributed by atoms with Gasteiger partial charge in [-0.1, -0.05) is 19.9 Å². The van der Waals surface area contributed by atoms with E-state index in [4.69, 9.17) is 0 Å². The fourth-order valence-corrected chi connectivity index (χ4v) is 4.40. The van der Waals surface area contributed by atoms with Crippen molar-refractivity contribution in [1.29, 1.82) is 0 Å². The molecule has 140 valence electrons. The molecule has 0 saturated carbocycles. The zero-order valence-electron chi connectivity index (χ0n) is 16.2. The highest BCUT2D eigenvalue weighted by Crippen LogP contribution is 2.28. The number of benzene rings is 1. The molecular weight excluding hydrogens is 320 g/mol. The molecule has 0 spiro atoms. The average Bonchev–Trinajstić information content (AvgIpc) is 3.28. The first-order valence-corrected chi connectivity index (χ1v) is 10.3. The Balaban J connectivity index is 1.28. The molecular formula is C22H32N4. The number of aromatic nitrogens is 2. The van der Waals surface area contributed by atoms with Crippen LogP contribution < -0.4 is 10.2 Å². The van der Waals surface area contributed by atoms with Crippen molar-refractivity contribution in [2.24, 2.45) is 5.92 Å². The van der Waals surface area contributed by atoms with Crippen molar-refractivity contribution in [3.8, 4) is 0 Å². The number of nitrogens with zero attached hydrogens (tertiary/aromatic N) is 3. The van der Waals surface area contributed by atoms with Crippen LogP contribution in [0, 0.1) is 5.92 Å². The van der Waals surface area contributed by atoms with Gasteiger partial charge in [0.05, 0.1) is 12.0 Å². The normalized spacial score (nSPS) is 17.9. The number of rotatable bonds is 6. The number of aryl methyl sites for hydroxylation is 2. The Labute approximate surface area is 157 Å². The number of fused-ring (bicyclic) bond motifs is 1. The maximum atomic E-state index is 4.33. The molecule has 4 nitrogen and oxygen atoms in total. The summed E-state index contributed by atoms with van der Waals surface area (Å²) in [6.07, 6.45) is 10.3. The molecule has 2 aliphatic rings. The second-order valence-corrected chi connectivity index (χ2v) is 8.38. The maximum absolute atomic E-state index is 4.33. The van der Waals surface area contributed by atoms with Gasteiger partial charge in [-0.2, -0.15) is 0 Å². The van der Waals surface area contributed by atoms with Gasteiger partial charge in [-0.15, -0.1) is 0 Å². The Morgan fingerprint density at radius 1 is 1.15 bits per heavy atom. The fourth-order valence-electron chi connectivity index (χ4n) is 4.40. The van der Waals surface area contributed by atoms with Crippen LogP contribution in [0.1, 0.15) is 49.9 Å². The molecule has 0 unspecified atom stereocenters. The van der Waals surface area contributed by atoms with Gasteiger partial charge >= 0.3 is 0 Å². The summed E-state index contributed by atoms with van der Waals surface area (Å²) in [6.45, 7) is 8.80. The van der Waals surface area contributed by atoms with Crippen molar-refractivity contribution in [1.82, 2.24) is 14.9 Å². The minimum Gasteiger partial charge on any atom is -0.371 e. The Bertz CT molecular complexity index is 725. The van der Waals surface area contributed by atoms with Gasteiger partial charge in [0, 0.05) is 44.1 Å². The molecule has 0 bridgehead atoms. The number of hydrogen-bond acceptors (Lipinski definition) is 3. The highest BCUT2D eigenvalue weighted by Gasteiger charge is 2.21. The van der Waals surface area contributed by atoms with Gasteiger partial charge in [0.2, 0.25) is 0 Å². The Morgan fingerprint density at radius 3 is 2.77 bits per heavy atom. The standard InChI is InChI=1S/C22H32N4/c1-17(2)15-26-16-23-13-22(26)14-24-20-8-10-25(11-9-20)21-7-6-18-4-3-5-19(18)12-21/h6-7,12-13,16-17,20,24H,3-5,8-11,14-15H2,1-2H3. The molecule has 1 aliphatic carbocycles. The highest BCUT2D eigenvalue weighted by atomic mass is 15.2. The minimum atomic E-state index is 0.614. The van der Waals surface area contributed by atoms with Crippen molar-refractivity contribution in [2.45, 2.75) is 65.1 Å². The number of hydrogen-bond donors (Lipinski definition) is 1. The number of anilines is 1. The number of piperidine rings is 1. The highest BCUT2D eigenvalue weighted by molar-refractivity contribution is 5.52. The molecule has 1 aromatic heterocycles. The van der Waals surface area contributed by atoms with Crippen LogP contribution in [0.25, 0.3) is 0 Å². The summed E-state index contributed by atoms with van der Waals surface area (Å²) in [5, 5.41) is 3.76. The zero-order valence-corrected chi connectivity index (χ0v) is 16.2. The number of nitrogens with one attached hydrogen (secondary N) is 1. The Hall–Kier alpha value is -1.81. The monoisotopic (exact) mass is 352 g/mol. The summed E-state index contributed by atoms with van der Waals surface area (Å²) in [6, 6.07) is 7.75. The van der Waals surface area contributed by atoms with Gasteiger partial charge in [0.15, 0.2) is 0 Å². The molecule has 2 heterocycles. The van der Waals surface area contributed by atoms with Crippen LogP contribution in [0.4, 0.5) is 5.69 Å². The lowest BCUT2D eigenvalue weighted by Gasteiger charge is -2.34. The van der Waals surface area contributed by atoms with Gasteiger partial charge < -0.3 is 14.8 Å².